The number of aromatic nitrogens is 2. The molecule has 3 rings (SSSR count). The van der Waals surface area contributed by atoms with Gasteiger partial charge in [-0.1, -0.05) is 23.7 Å². The average molecular weight is 333 g/mol. The van der Waals surface area contributed by atoms with Gasteiger partial charge in [-0.2, -0.15) is 5.10 Å². The van der Waals surface area contributed by atoms with E-state index in [0.29, 0.717) is 24.0 Å². The number of nitrogens with one attached hydrogen (secondary N) is 1. The summed E-state index contributed by atoms with van der Waals surface area (Å²) < 4.78 is 1.82. The minimum atomic E-state index is -0.0518. The molecule has 1 aromatic heterocycles. The standard InChI is InChI=1S/C17H21ClN4O/c1-21(11-12-22-10-2-9-19-22)17(23)20-16(13-3-4-13)14-5-7-15(18)8-6-14/h2,5-10,13,16H,3-4,11-12H2,1H3,(H,20,23)/t16-/m0/s1. The summed E-state index contributed by atoms with van der Waals surface area (Å²) in [5.74, 6) is 0.527. The second kappa shape index (κ2) is 7.04. The molecular weight excluding hydrogens is 312 g/mol. The number of halogens is 1. The Hall–Kier alpha value is -2.01. The number of rotatable bonds is 6. The Morgan fingerprint density at radius 2 is 2.17 bits per heavy atom. The second-order valence-electron chi connectivity index (χ2n) is 6.01. The number of carbonyl (C=O) groups is 1. The summed E-state index contributed by atoms with van der Waals surface area (Å²) in [4.78, 5) is 14.1. The lowest BCUT2D eigenvalue weighted by molar-refractivity contribution is 0.200. The third kappa shape index (κ3) is 4.26. The molecule has 5 nitrogen and oxygen atoms in total. The van der Waals surface area contributed by atoms with Gasteiger partial charge in [0, 0.05) is 31.0 Å². The van der Waals surface area contributed by atoms with Crippen molar-refractivity contribution >= 4 is 17.6 Å². The molecule has 0 saturated heterocycles. The molecule has 1 N–H and O–H groups in total. The zero-order valence-electron chi connectivity index (χ0n) is 13.2. The van der Waals surface area contributed by atoms with E-state index in [1.54, 1.807) is 11.1 Å². The maximum Gasteiger partial charge on any atom is 0.317 e. The highest BCUT2D eigenvalue weighted by Gasteiger charge is 2.33. The number of hydrogen-bond acceptors (Lipinski definition) is 2. The summed E-state index contributed by atoms with van der Waals surface area (Å²) in [6.45, 7) is 1.30. The Morgan fingerprint density at radius 1 is 1.43 bits per heavy atom. The predicted molar refractivity (Wildman–Crippen MR) is 90.3 cm³/mol. The van der Waals surface area contributed by atoms with Crippen LogP contribution in [-0.2, 0) is 6.54 Å². The number of benzene rings is 1. The van der Waals surface area contributed by atoms with Gasteiger partial charge >= 0.3 is 6.03 Å². The number of hydrogen-bond donors (Lipinski definition) is 1. The highest BCUT2D eigenvalue weighted by Crippen LogP contribution is 2.41. The first-order valence-corrected chi connectivity index (χ1v) is 8.26. The number of nitrogens with zero attached hydrogens (tertiary/aromatic N) is 3. The Balaban J connectivity index is 1.58. The monoisotopic (exact) mass is 332 g/mol. The van der Waals surface area contributed by atoms with Gasteiger partial charge in [0.15, 0.2) is 0 Å². The van der Waals surface area contributed by atoms with E-state index in [-0.39, 0.29) is 12.1 Å². The molecular formula is C17H21ClN4O. The lowest BCUT2D eigenvalue weighted by atomic mass is 10.0. The fourth-order valence-electron chi connectivity index (χ4n) is 2.60. The molecule has 23 heavy (non-hydrogen) atoms. The molecule has 0 spiro atoms. The molecule has 1 atom stereocenters. The SMILES string of the molecule is CN(CCn1cccn1)C(=O)N[C@H](c1ccc(Cl)cc1)C1CC1. The number of urea groups is 1. The van der Waals surface area contributed by atoms with Gasteiger partial charge in [-0.3, -0.25) is 4.68 Å². The van der Waals surface area contributed by atoms with E-state index in [4.69, 9.17) is 11.6 Å². The average Bonchev–Trinajstić information content (AvgIpc) is 3.26. The quantitative estimate of drug-likeness (QED) is 0.882. The minimum absolute atomic E-state index is 0.0518. The first kappa shape index (κ1) is 15.9. The van der Waals surface area contributed by atoms with Gasteiger partial charge in [0.1, 0.15) is 0 Å². The molecule has 1 heterocycles. The van der Waals surface area contributed by atoms with Gasteiger partial charge in [0.25, 0.3) is 0 Å². The summed E-state index contributed by atoms with van der Waals surface area (Å²) in [6, 6.07) is 9.63. The van der Waals surface area contributed by atoms with Crippen LogP contribution in [0.4, 0.5) is 4.79 Å². The zero-order valence-corrected chi connectivity index (χ0v) is 13.9. The molecule has 1 aliphatic carbocycles. The molecule has 2 amide bonds. The minimum Gasteiger partial charge on any atom is -0.331 e. The van der Waals surface area contributed by atoms with E-state index < -0.39 is 0 Å². The molecule has 2 aromatic rings. The number of amides is 2. The van der Waals surface area contributed by atoms with Crippen LogP contribution >= 0.6 is 11.6 Å². The van der Waals surface area contributed by atoms with Crippen LogP contribution in [0.2, 0.25) is 5.02 Å². The molecule has 1 saturated carbocycles. The fourth-order valence-corrected chi connectivity index (χ4v) is 2.73. The third-order valence-corrected chi connectivity index (χ3v) is 4.42. The third-order valence-electron chi connectivity index (χ3n) is 4.17. The summed E-state index contributed by atoms with van der Waals surface area (Å²) in [5, 5.41) is 8.02. The highest BCUT2D eigenvalue weighted by molar-refractivity contribution is 6.30. The Kier molecular flexibility index (Phi) is 4.86. The van der Waals surface area contributed by atoms with Crippen molar-refractivity contribution in [3.05, 3.63) is 53.3 Å². The van der Waals surface area contributed by atoms with Crippen molar-refractivity contribution in [2.75, 3.05) is 13.6 Å². The molecule has 0 bridgehead atoms. The Bertz CT molecular complexity index is 637. The first-order chi connectivity index (χ1) is 11.1. The smallest absolute Gasteiger partial charge is 0.317 e. The Morgan fingerprint density at radius 3 is 2.78 bits per heavy atom. The molecule has 0 radical (unpaired) electrons. The van der Waals surface area contributed by atoms with Crippen LogP contribution in [0.5, 0.6) is 0 Å². The highest BCUT2D eigenvalue weighted by atomic mass is 35.5. The van der Waals surface area contributed by atoms with Crippen LogP contribution in [0, 0.1) is 5.92 Å². The Labute approximate surface area is 141 Å². The summed E-state index contributed by atoms with van der Waals surface area (Å²) in [5.41, 5.74) is 1.12. The summed E-state index contributed by atoms with van der Waals surface area (Å²) in [7, 11) is 1.81. The van der Waals surface area contributed by atoms with Crippen molar-refractivity contribution < 1.29 is 4.79 Å². The summed E-state index contributed by atoms with van der Waals surface area (Å²) in [6.07, 6.45) is 5.95. The van der Waals surface area contributed by atoms with E-state index in [9.17, 15) is 4.79 Å². The van der Waals surface area contributed by atoms with Gasteiger partial charge in [0.05, 0.1) is 12.6 Å². The number of likely N-dealkylation sites (N-methyl/N-ethyl adjacent to an activating group) is 1. The second-order valence-corrected chi connectivity index (χ2v) is 6.44. The predicted octanol–water partition coefficient (Wildman–Crippen LogP) is 3.33. The van der Waals surface area contributed by atoms with Crippen LogP contribution in [0.25, 0.3) is 0 Å². The van der Waals surface area contributed by atoms with E-state index in [1.807, 2.05) is 48.3 Å². The van der Waals surface area contributed by atoms with Crippen molar-refractivity contribution in [3.8, 4) is 0 Å². The van der Waals surface area contributed by atoms with Crippen LogP contribution in [0.1, 0.15) is 24.4 Å². The molecule has 1 fully saturated rings. The van der Waals surface area contributed by atoms with Crippen LogP contribution < -0.4 is 5.32 Å². The molecule has 1 aliphatic rings. The van der Waals surface area contributed by atoms with Crippen LogP contribution in [-0.4, -0.2) is 34.3 Å². The van der Waals surface area contributed by atoms with Crippen LogP contribution in [0.15, 0.2) is 42.7 Å². The molecule has 6 heteroatoms. The van der Waals surface area contributed by atoms with Crippen molar-refractivity contribution in [2.45, 2.75) is 25.4 Å². The van der Waals surface area contributed by atoms with Gasteiger partial charge in [-0.15, -0.1) is 0 Å². The molecule has 1 aromatic carbocycles. The lowest BCUT2D eigenvalue weighted by Gasteiger charge is -2.24. The largest absolute Gasteiger partial charge is 0.331 e. The first-order valence-electron chi connectivity index (χ1n) is 7.88. The van der Waals surface area contributed by atoms with Gasteiger partial charge in [0.2, 0.25) is 0 Å². The zero-order chi connectivity index (χ0) is 16.2. The van der Waals surface area contributed by atoms with Crippen molar-refractivity contribution in [2.24, 2.45) is 5.92 Å². The lowest BCUT2D eigenvalue weighted by Crippen LogP contribution is -2.41. The van der Waals surface area contributed by atoms with E-state index >= 15 is 0 Å². The van der Waals surface area contributed by atoms with Gasteiger partial charge in [-0.25, -0.2) is 4.79 Å². The van der Waals surface area contributed by atoms with Gasteiger partial charge < -0.3 is 10.2 Å². The maximum atomic E-state index is 12.4. The van der Waals surface area contributed by atoms with E-state index in [1.165, 1.54) is 0 Å². The van der Waals surface area contributed by atoms with Crippen molar-refractivity contribution in [3.63, 3.8) is 0 Å². The maximum absolute atomic E-state index is 12.4. The van der Waals surface area contributed by atoms with E-state index in [0.717, 1.165) is 18.4 Å². The van der Waals surface area contributed by atoms with Gasteiger partial charge in [-0.05, 0) is 42.5 Å². The molecule has 122 valence electrons. The number of carbonyl (C=O) groups excluding carboxylic acids is 1. The van der Waals surface area contributed by atoms with Crippen molar-refractivity contribution in [1.29, 1.82) is 0 Å². The molecule has 0 aliphatic heterocycles. The normalized spacial score (nSPS) is 15.2. The molecule has 0 unspecified atom stereocenters. The van der Waals surface area contributed by atoms with E-state index in [2.05, 4.69) is 10.4 Å². The van der Waals surface area contributed by atoms with Crippen molar-refractivity contribution in [1.82, 2.24) is 20.0 Å². The van der Waals surface area contributed by atoms with Crippen LogP contribution in [0.3, 0.4) is 0 Å². The summed E-state index contributed by atoms with van der Waals surface area (Å²) >= 11 is 5.95. The topological polar surface area (TPSA) is 50.2 Å². The fraction of sp³-hybridized carbons (Fsp3) is 0.412.